The molecule has 1 atom stereocenters. The lowest BCUT2D eigenvalue weighted by Crippen LogP contribution is -2.35. The lowest BCUT2D eigenvalue weighted by molar-refractivity contribution is 0.115. The number of nitrogens with one attached hydrogen (secondary N) is 1. The van der Waals surface area contributed by atoms with Gasteiger partial charge in [-0.2, -0.15) is 0 Å². The van der Waals surface area contributed by atoms with E-state index in [1.807, 2.05) is 0 Å². The molecule has 1 aliphatic heterocycles. The van der Waals surface area contributed by atoms with E-state index in [-0.39, 0.29) is 29.2 Å². The molecule has 0 unspecified atom stereocenters. The van der Waals surface area contributed by atoms with E-state index in [1.165, 1.54) is 6.07 Å². The highest BCUT2D eigenvalue weighted by Gasteiger charge is 2.23. The van der Waals surface area contributed by atoms with E-state index in [9.17, 15) is 9.18 Å². The standard InChI is InChI=1S/C12H13ClFNO3.ClH/c1-2-17-11-8(13)5-7(6-9(11)14)10-3-4-18-12(16)15-10;/h5-6,10H,2-4H2,1H3,(H,15,16);1H/t10-;/m0./s1. The van der Waals surface area contributed by atoms with Gasteiger partial charge in [0, 0.05) is 6.42 Å². The van der Waals surface area contributed by atoms with Crippen LogP contribution in [-0.2, 0) is 4.74 Å². The molecule has 1 aromatic carbocycles. The minimum Gasteiger partial charge on any atom is -0.489 e. The minimum absolute atomic E-state index is 0. The van der Waals surface area contributed by atoms with Crippen molar-refractivity contribution in [3.8, 4) is 5.75 Å². The summed E-state index contributed by atoms with van der Waals surface area (Å²) in [6.07, 6.45) is 0.0758. The van der Waals surface area contributed by atoms with Gasteiger partial charge in [0.2, 0.25) is 0 Å². The van der Waals surface area contributed by atoms with Crippen molar-refractivity contribution in [3.05, 3.63) is 28.5 Å². The summed E-state index contributed by atoms with van der Waals surface area (Å²) in [6.45, 7) is 2.40. The van der Waals surface area contributed by atoms with Crippen LogP contribution in [0.25, 0.3) is 0 Å². The summed E-state index contributed by atoms with van der Waals surface area (Å²) in [7, 11) is 0. The first-order chi connectivity index (χ1) is 8.61. The number of hydrogen-bond acceptors (Lipinski definition) is 3. The van der Waals surface area contributed by atoms with Gasteiger partial charge < -0.3 is 14.8 Å². The number of halogens is 3. The molecule has 7 heteroatoms. The Morgan fingerprint density at radius 3 is 2.89 bits per heavy atom. The monoisotopic (exact) mass is 309 g/mol. The third-order valence-electron chi connectivity index (χ3n) is 2.64. The number of amides is 1. The number of ether oxygens (including phenoxy) is 2. The molecule has 0 radical (unpaired) electrons. The molecule has 0 spiro atoms. The molecule has 0 bridgehead atoms. The van der Waals surface area contributed by atoms with Crippen LogP contribution in [-0.4, -0.2) is 19.3 Å². The summed E-state index contributed by atoms with van der Waals surface area (Å²) in [5.41, 5.74) is 0.609. The fourth-order valence-electron chi connectivity index (χ4n) is 1.84. The van der Waals surface area contributed by atoms with Gasteiger partial charge in [0.25, 0.3) is 0 Å². The van der Waals surface area contributed by atoms with Crippen molar-refractivity contribution in [2.75, 3.05) is 13.2 Å². The minimum atomic E-state index is -0.528. The van der Waals surface area contributed by atoms with E-state index in [0.29, 0.717) is 25.2 Å². The number of hydrogen-bond donors (Lipinski definition) is 1. The molecular weight excluding hydrogens is 296 g/mol. The van der Waals surface area contributed by atoms with Gasteiger partial charge in [-0.1, -0.05) is 11.6 Å². The van der Waals surface area contributed by atoms with Crippen molar-refractivity contribution < 1.29 is 18.7 Å². The lowest BCUT2D eigenvalue weighted by atomic mass is 10.0. The molecule has 2 rings (SSSR count). The topological polar surface area (TPSA) is 47.6 Å². The van der Waals surface area contributed by atoms with Crippen molar-refractivity contribution in [1.82, 2.24) is 5.32 Å². The van der Waals surface area contributed by atoms with E-state index in [0.717, 1.165) is 0 Å². The van der Waals surface area contributed by atoms with Crippen LogP contribution >= 0.6 is 24.0 Å². The van der Waals surface area contributed by atoms with Crippen LogP contribution in [0.4, 0.5) is 9.18 Å². The quantitative estimate of drug-likeness (QED) is 0.930. The zero-order chi connectivity index (χ0) is 13.1. The Morgan fingerprint density at radius 2 is 2.32 bits per heavy atom. The second kappa shape index (κ2) is 6.82. The molecule has 1 N–H and O–H groups in total. The average Bonchev–Trinajstić information content (AvgIpc) is 2.33. The molecule has 1 heterocycles. The Kier molecular flexibility index (Phi) is 5.69. The van der Waals surface area contributed by atoms with Gasteiger partial charge in [-0.15, -0.1) is 12.4 Å². The second-order valence-corrected chi connectivity index (χ2v) is 4.28. The molecule has 1 fully saturated rings. The number of rotatable bonds is 3. The number of alkyl carbamates (subject to hydrolysis) is 1. The molecule has 0 aliphatic carbocycles. The zero-order valence-corrected chi connectivity index (χ0v) is 11.8. The maximum Gasteiger partial charge on any atom is 0.407 e. The van der Waals surface area contributed by atoms with Crippen LogP contribution in [0.1, 0.15) is 24.9 Å². The number of cyclic esters (lactones) is 1. The summed E-state index contributed by atoms with van der Waals surface area (Å²) in [4.78, 5) is 11.1. The van der Waals surface area contributed by atoms with Gasteiger partial charge in [0.1, 0.15) is 0 Å². The summed E-state index contributed by atoms with van der Waals surface area (Å²) < 4.78 is 23.7. The van der Waals surface area contributed by atoms with E-state index >= 15 is 0 Å². The Hall–Kier alpha value is -1.20. The predicted octanol–water partition coefficient (Wildman–Crippen LogP) is 3.47. The highest BCUT2D eigenvalue weighted by molar-refractivity contribution is 6.32. The highest BCUT2D eigenvalue weighted by Crippen LogP contribution is 2.32. The summed E-state index contributed by atoms with van der Waals surface area (Å²) >= 11 is 5.96. The van der Waals surface area contributed by atoms with Gasteiger partial charge >= 0.3 is 6.09 Å². The van der Waals surface area contributed by atoms with Crippen LogP contribution in [0.15, 0.2) is 12.1 Å². The first-order valence-electron chi connectivity index (χ1n) is 5.67. The average molecular weight is 310 g/mol. The Bertz CT molecular complexity index is 447. The van der Waals surface area contributed by atoms with E-state index in [4.69, 9.17) is 21.1 Å². The first-order valence-corrected chi connectivity index (χ1v) is 6.04. The maximum absolute atomic E-state index is 13.8. The van der Waals surface area contributed by atoms with E-state index in [2.05, 4.69) is 5.32 Å². The third-order valence-corrected chi connectivity index (χ3v) is 2.92. The largest absolute Gasteiger partial charge is 0.489 e. The second-order valence-electron chi connectivity index (χ2n) is 3.87. The van der Waals surface area contributed by atoms with E-state index in [1.54, 1.807) is 13.0 Å². The van der Waals surface area contributed by atoms with Crippen LogP contribution < -0.4 is 10.1 Å². The van der Waals surface area contributed by atoms with Gasteiger partial charge in [0.15, 0.2) is 11.6 Å². The number of carbonyl (C=O) groups is 1. The molecular formula is C12H14Cl2FNO3. The van der Waals surface area contributed by atoms with Crippen LogP contribution in [0, 0.1) is 5.82 Å². The Balaban J connectivity index is 0.00000180. The molecule has 0 aromatic heterocycles. The summed E-state index contributed by atoms with van der Waals surface area (Å²) in [5.74, 6) is -0.485. The predicted molar refractivity (Wildman–Crippen MR) is 71.7 cm³/mol. The lowest BCUT2D eigenvalue weighted by Gasteiger charge is -2.24. The molecule has 19 heavy (non-hydrogen) atoms. The molecule has 1 amide bonds. The van der Waals surface area contributed by atoms with Crippen molar-refractivity contribution in [3.63, 3.8) is 0 Å². The Labute approximate surface area is 121 Å². The molecule has 1 aliphatic rings. The fourth-order valence-corrected chi connectivity index (χ4v) is 2.11. The van der Waals surface area contributed by atoms with Crippen molar-refractivity contribution in [1.29, 1.82) is 0 Å². The normalized spacial score (nSPS) is 18.1. The third kappa shape index (κ3) is 3.64. The van der Waals surface area contributed by atoms with Gasteiger partial charge in [-0.05, 0) is 24.6 Å². The van der Waals surface area contributed by atoms with E-state index < -0.39 is 11.9 Å². The van der Waals surface area contributed by atoms with Crippen LogP contribution in [0.2, 0.25) is 5.02 Å². The van der Waals surface area contributed by atoms with Gasteiger partial charge in [0.05, 0.1) is 24.3 Å². The van der Waals surface area contributed by atoms with Crippen LogP contribution in [0.5, 0.6) is 5.75 Å². The molecule has 106 valence electrons. The number of carbonyl (C=O) groups excluding carboxylic acids is 1. The molecule has 1 aromatic rings. The van der Waals surface area contributed by atoms with Crippen molar-refractivity contribution >= 4 is 30.1 Å². The van der Waals surface area contributed by atoms with Crippen molar-refractivity contribution in [2.45, 2.75) is 19.4 Å². The SMILES string of the molecule is CCOc1c(F)cc([C@@H]2CCOC(=O)N2)cc1Cl.Cl. The Morgan fingerprint density at radius 1 is 1.58 bits per heavy atom. The summed E-state index contributed by atoms with van der Waals surface area (Å²) in [6, 6.07) is 2.65. The number of benzene rings is 1. The smallest absolute Gasteiger partial charge is 0.407 e. The maximum atomic E-state index is 13.8. The van der Waals surface area contributed by atoms with Gasteiger partial charge in [-0.25, -0.2) is 9.18 Å². The van der Waals surface area contributed by atoms with Gasteiger partial charge in [-0.3, -0.25) is 0 Å². The highest BCUT2D eigenvalue weighted by atomic mass is 35.5. The molecule has 1 saturated heterocycles. The fraction of sp³-hybridized carbons (Fsp3) is 0.417. The first kappa shape index (κ1) is 15.9. The molecule has 4 nitrogen and oxygen atoms in total. The van der Waals surface area contributed by atoms with Crippen molar-refractivity contribution in [2.24, 2.45) is 0 Å². The molecule has 0 saturated carbocycles. The van der Waals surface area contributed by atoms with Crippen LogP contribution in [0.3, 0.4) is 0 Å². The summed E-state index contributed by atoms with van der Waals surface area (Å²) in [5, 5.41) is 2.81. The zero-order valence-electron chi connectivity index (χ0n) is 10.2.